The maximum Gasteiger partial charge on any atom is 0.247 e. The molecule has 2 atom stereocenters. The number of carbonyl (C=O) groups is 1. The summed E-state index contributed by atoms with van der Waals surface area (Å²) in [6.45, 7) is 10.5. The molecule has 1 saturated heterocycles. The second kappa shape index (κ2) is 7.86. The van der Waals surface area contributed by atoms with Crippen molar-refractivity contribution < 1.29 is 4.79 Å². The maximum atomic E-state index is 12.5. The molecule has 1 unspecified atom stereocenters. The highest BCUT2D eigenvalue weighted by Crippen LogP contribution is 2.16. The van der Waals surface area contributed by atoms with Gasteiger partial charge in [0.1, 0.15) is 6.04 Å². The molecule has 2 rings (SSSR count). The van der Waals surface area contributed by atoms with Gasteiger partial charge in [0.2, 0.25) is 5.91 Å². The van der Waals surface area contributed by atoms with Crippen LogP contribution in [0.4, 0.5) is 0 Å². The van der Waals surface area contributed by atoms with Gasteiger partial charge < -0.3 is 10.2 Å². The van der Waals surface area contributed by atoms with Crippen molar-refractivity contribution >= 4 is 30.7 Å². The van der Waals surface area contributed by atoms with E-state index in [9.17, 15) is 4.79 Å². The molecule has 1 fully saturated rings. The van der Waals surface area contributed by atoms with Gasteiger partial charge in [-0.1, -0.05) is 0 Å². The molecule has 0 radical (unpaired) electrons. The summed E-state index contributed by atoms with van der Waals surface area (Å²) in [4.78, 5) is 14.5. The van der Waals surface area contributed by atoms with Crippen LogP contribution in [0.1, 0.15) is 31.3 Å². The number of rotatable bonds is 2. The van der Waals surface area contributed by atoms with Crippen molar-refractivity contribution in [2.75, 3.05) is 19.6 Å². The Morgan fingerprint density at radius 1 is 1.45 bits per heavy atom. The van der Waals surface area contributed by atoms with Crippen molar-refractivity contribution in [3.05, 3.63) is 17.5 Å². The standard InChI is InChI=1S/C13H22N4O.2ClH/c1-9-7-10(2)17(15-9)12(4)13(18)16-6-5-14-8-11(16)3;;/h7,11-12,14H,5-6,8H2,1-4H3;2*1H/t11-,12?;;/m0../s1. The average molecular weight is 323 g/mol. The number of hydrogen-bond donors (Lipinski definition) is 1. The van der Waals surface area contributed by atoms with Gasteiger partial charge in [-0.2, -0.15) is 5.10 Å². The lowest BCUT2D eigenvalue weighted by molar-refractivity contribution is -0.137. The number of aryl methyl sites for hydroxylation is 2. The molecular weight excluding hydrogens is 299 g/mol. The van der Waals surface area contributed by atoms with Gasteiger partial charge in [0.25, 0.3) is 0 Å². The fraction of sp³-hybridized carbons (Fsp3) is 0.692. The number of amides is 1. The fourth-order valence-corrected chi connectivity index (χ4v) is 2.55. The zero-order valence-corrected chi connectivity index (χ0v) is 14.1. The van der Waals surface area contributed by atoms with Gasteiger partial charge in [-0.3, -0.25) is 9.48 Å². The lowest BCUT2D eigenvalue weighted by atomic mass is 10.1. The summed E-state index contributed by atoms with van der Waals surface area (Å²) < 4.78 is 1.83. The van der Waals surface area contributed by atoms with Gasteiger partial charge in [-0.25, -0.2) is 0 Å². The van der Waals surface area contributed by atoms with E-state index in [1.807, 2.05) is 36.4 Å². The first-order valence-electron chi connectivity index (χ1n) is 6.54. The van der Waals surface area contributed by atoms with E-state index >= 15 is 0 Å². The lowest BCUT2D eigenvalue weighted by Crippen LogP contribution is -2.53. The summed E-state index contributed by atoms with van der Waals surface area (Å²) >= 11 is 0. The molecular formula is C13H24Cl2N4O. The third-order valence-electron chi connectivity index (χ3n) is 3.55. The van der Waals surface area contributed by atoms with Crippen molar-refractivity contribution in [3.8, 4) is 0 Å². The Morgan fingerprint density at radius 2 is 2.10 bits per heavy atom. The molecule has 1 aromatic heterocycles. The summed E-state index contributed by atoms with van der Waals surface area (Å²) in [6.07, 6.45) is 0. The van der Waals surface area contributed by atoms with E-state index in [1.54, 1.807) is 0 Å². The van der Waals surface area contributed by atoms with Crippen LogP contribution in [0.25, 0.3) is 0 Å². The van der Waals surface area contributed by atoms with Gasteiger partial charge >= 0.3 is 0 Å². The fourth-order valence-electron chi connectivity index (χ4n) is 2.55. The van der Waals surface area contributed by atoms with Gasteiger partial charge in [0.05, 0.1) is 5.69 Å². The molecule has 7 heteroatoms. The van der Waals surface area contributed by atoms with Crippen LogP contribution < -0.4 is 5.32 Å². The van der Waals surface area contributed by atoms with Gasteiger partial charge in [-0.05, 0) is 33.8 Å². The van der Waals surface area contributed by atoms with Crippen LogP contribution in [0.3, 0.4) is 0 Å². The van der Waals surface area contributed by atoms with E-state index in [1.165, 1.54) is 0 Å². The van der Waals surface area contributed by atoms with Gasteiger partial charge in [-0.15, -0.1) is 24.8 Å². The SMILES string of the molecule is Cc1cc(C)n(C(C)C(=O)N2CCNC[C@@H]2C)n1.Cl.Cl. The van der Waals surface area contributed by atoms with Crippen LogP contribution >= 0.6 is 24.8 Å². The molecule has 116 valence electrons. The molecule has 1 N–H and O–H groups in total. The topological polar surface area (TPSA) is 50.2 Å². The van der Waals surface area contributed by atoms with Crippen LogP contribution in [0.15, 0.2) is 6.07 Å². The number of hydrogen-bond acceptors (Lipinski definition) is 3. The highest BCUT2D eigenvalue weighted by atomic mass is 35.5. The maximum absolute atomic E-state index is 12.5. The van der Waals surface area contributed by atoms with Crippen LogP contribution in [0, 0.1) is 13.8 Å². The molecule has 5 nitrogen and oxygen atoms in total. The molecule has 1 amide bonds. The van der Waals surface area contributed by atoms with Crippen molar-refractivity contribution in [2.45, 2.75) is 39.8 Å². The minimum atomic E-state index is -0.223. The minimum Gasteiger partial charge on any atom is -0.336 e. The Bertz CT molecular complexity index is 450. The Morgan fingerprint density at radius 3 is 2.60 bits per heavy atom. The molecule has 0 bridgehead atoms. The van der Waals surface area contributed by atoms with Crippen molar-refractivity contribution in [1.82, 2.24) is 20.0 Å². The largest absolute Gasteiger partial charge is 0.336 e. The van der Waals surface area contributed by atoms with E-state index in [0.717, 1.165) is 31.0 Å². The number of nitrogens with one attached hydrogen (secondary N) is 1. The molecule has 0 aromatic carbocycles. The van der Waals surface area contributed by atoms with Gasteiger partial charge in [0, 0.05) is 31.4 Å². The number of nitrogens with zero attached hydrogens (tertiary/aromatic N) is 3. The van der Waals surface area contributed by atoms with Crippen molar-refractivity contribution in [2.24, 2.45) is 0 Å². The van der Waals surface area contributed by atoms with Crippen molar-refractivity contribution in [1.29, 1.82) is 0 Å². The third-order valence-corrected chi connectivity index (χ3v) is 3.55. The summed E-state index contributed by atoms with van der Waals surface area (Å²) in [7, 11) is 0. The second-order valence-electron chi connectivity index (χ2n) is 5.13. The highest BCUT2D eigenvalue weighted by molar-refractivity contribution is 5.85. The molecule has 0 saturated carbocycles. The summed E-state index contributed by atoms with van der Waals surface area (Å²) in [5.41, 5.74) is 2.00. The molecule has 0 aliphatic carbocycles. The number of piperazine rings is 1. The van der Waals surface area contributed by atoms with E-state index in [2.05, 4.69) is 17.3 Å². The number of carbonyl (C=O) groups excluding carboxylic acids is 1. The molecule has 1 aliphatic heterocycles. The molecule has 0 spiro atoms. The Kier molecular flexibility index (Phi) is 7.55. The minimum absolute atomic E-state index is 0. The normalized spacial score (nSPS) is 19.8. The quantitative estimate of drug-likeness (QED) is 0.902. The Hall–Kier alpha value is -0.780. The first-order chi connectivity index (χ1) is 8.50. The lowest BCUT2D eigenvalue weighted by Gasteiger charge is -2.35. The first kappa shape index (κ1) is 19.2. The van der Waals surface area contributed by atoms with E-state index in [4.69, 9.17) is 0 Å². The van der Waals surface area contributed by atoms with E-state index in [0.29, 0.717) is 0 Å². The Balaban J connectivity index is 0.00000180. The zero-order chi connectivity index (χ0) is 13.3. The number of halogens is 2. The van der Waals surface area contributed by atoms with E-state index in [-0.39, 0.29) is 42.8 Å². The van der Waals surface area contributed by atoms with Crippen LogP contribution in [0.5, 0.6) is 0 Å². The predicted molar refractivity (Wildman–Crippen MR) is 85.0 cm³/mol. The molecule has 1 aromatic rings. The molecule has 2 heterocycles. The average Bonchev–Trinajstić information content (AvgIpc) is 2.67. The second-order valence-corrected chi connectivity index (χ2v) is 5.13. The van der Waals surface area contributed by atoms with E-state index < -0.39 is 0 Å². The smallest absolute Gasteiger partial charge is 0.247 e. The molecule has 20 heavy (non-hydrogen) atoms. The highest BCUT2D eigenvalue weighted by Gasteiger charge is 2.28. The summed E-state index contributed by atoms with van der Waals surface area (Å²) in [5.74, 6) is 0.162. The Labute approximate surface area is 132 Å². The van der Waals surface area contributed by atoms with Crippen LogP contribution in [0.2, 0.25) is 0 Å². The third kappa shape index (κ3) is 3.87. The van der Waals surface area contributed by atoms with Crippen LogP contribution in [-0.2, 0) is 4.79 Å². The first-order valence-corrected chi connectivity index (χ1v) is 6.54. The predicted octanol–water partition coefficient (Wildman–Crippen LogP) is 1.72. The zero-order valence-electron chi connectivity index (χ0n) is 12.4. The molecule has 1 aliphatic rings. The van der Waals surface area contributed by atoms with Crippen LogP contribution in [-0.4, -0.2) is 46.3 Å². The number of aromatic nitrogens is 2. The van der Waals surface area contributed by atoms with Gasteiger partial charge in [0.15, 0.2) is 0 Å². The van der Waals surface area contributed by atoms with Crippen molar-refractivity contribution in [3.63, 3.8) is 0 Å². The monoisotopic (exact) mass is 322 g/mol. The summed E-state index contributed by atoms with van der Waals surface area (Å²) in [5, 5.41) is 7.70. The summed E-state index contributed by atoms with van der Waals surface area (Å²) in [6, 6.07) is 2.04.